The molecule has 0 atom stereocenters. The summed E-state index contributed by atoms with van der Waals surface area (Å²) in [5.74, 6) is -0.463. The Labute approximate surface area is 121 Å². The van der Waals surface area contributed by atoms with E-state index in [-0.39, 0.29) is 17.5 Å². The van der Waals surface area contributed by atoms with Gasteiger partial charge in [-0.2, -0.15) is 0 Å². The van der Waals surface area contributed by atoms with Gasteiger partial charge in [-0.1, -0.05) is 6.07 Å². The third-order valence-electron chi connectivity index (χ3n) is 3.51. The topological polar surface area (TPSA) is 70.8 Å². The predicted octanol–water partition coefficient (Wildman–Crippen LogP) is 2.78. The molecule has 0 unspecified atom stereocenters. The van der Waals surface area contributed by atoms with E-state index < -0.39 is 5.97 Å². The van der Waals surface area contributed by atoms with Gasteiger partial charge in [0.1, 0.15) is 5.76 Å². The molecular formula is C16H15NO4. The maximum atomic E-state index is 12.6. The molecule has 1 N–H and O–H groups in total. The van der Waals surface area contributed by atoms with Crippen molar-refractivity contribution in [3.8, 4) is 0 Å². The molecule has 0 aliphatic heterocycles. The molecule has 5 heteroatoms. The van der Waals surface area contributed by atoms with Gasteiger partial charge in [-0.25, -0.2) is 4.79 Å². The number of hydrogen-bond donors (Lipinski definition) is 1. The van der Waals surface area contributed by atoms with Crippen LogP contribution in [0.2, 0.25) is 0 Å². The van der Waals surface area contributed by atoms with Gasteiger partial charge in [0, 0.05) is 11.6 Å². The standard InChI is InChI=1S/C16H15NO4/c18-15(11-3-1-4-12(9-11)16(19)20)17(13-6-7-13)10-14-5-2-8-21-14/h1-5,8-9,13H,6-7,10H2,(H,19,20). The molecular weight excluding hydrogens is 270 g/mol. The van der Waals surface area contributed by atoms with Crippen molar-refractivity contribution in [1.29, 1.82) is 0 Å². The second-order valence-corrected chi connectivity index (χ2v) is 5.13. The minimum atomic E-state index is -1.03. The number of carbonyl (C=O) groups is 2. The first-order chi connectivity index (χ1) is 10.1. The van der Waals surface area contributed by atoms with Gasteiger partial charge < -0.3 is 14.4 Å². The lowest BCUT2D eigenvalue weighted by Crippen LogP contribution is -2.32. The Balaban J connectivity index is 1.84. The fourth-order valence-corrected chi connectivity index (χ4v) is 2.27. The van der Waals surface area contributed by atoms with E-state index in [2.05, 4.69) is 0 Å². The van der Waals surface area contributed by atoms with E-state index in [1.165, 1.54) is 12.1 Å². The molecule has 1 heterocycles. The highest BCUT2D eigenvalue weighted by Gasteiger charge is 2.33. The van der Waals surface area contributed by atoms with Crippen LogP contribution in [-0.2, 0) is 6.54 Å². The molecule has 2 aromatic rings. The number of benzene rings is 1. The molecule has 1 amide bonds. The number of hydrogen-bond acceptors (Lipinski definition) is 3. The number of furan rings is 1. The number of carboxylic acid groups (broad SMARTS) is 1. The van der Waals surface area contributed by atoms with Crippen LogP contribution < -0.4 is 0 Å². The Morgan fingerprint density at radius 2 is 1.95 bits per heavy atom. The molecule has 0 saturated heterocycles. The smallest absolute Gasteiger partial charge is 0.335 e. The summed E-state index contributed by atoms with van der Waals surface area (Å²) in [5, 5.41) is 9.02. The minimum absolute atomic E-state index is 0.120. The first-order valence-electron chi connectivity index (χ1n) is 6.82. The SMILES string of the molecule is O=C(O)c1cccc(C(=O)N(Cc2ccco2)C2CC2)c1. The molecule has 0 spiro atoms. The summed E-state index contributed by atoms with van der Waals surface area (Å²) in [4.78, 5) is 25.4. The molecule has 1 aromatic heterocycles. The Bertz CT molecular complexity index is 659. The van der Waals surface area contributed by atoms with Crippen LogP contribution in [0.15, 0.2) is 47.1 Å². The van der Waals surface area contributed by atoms with Crippen LogP contribution in [0.3, 0.4) is 0 Å². The highest BCUT2D eigenvalue weighted by atomic mass is 16.4. The highest BCUT2D eigenvalue weighted by Crippen LogP contribution is 2.30. The Hall–Kier alpha value is -2.56. The summed E-state index contributed by atoms with van der Waals surface area (Å²) in [5.41, 5.74) is 0.517. The lowest BCUT2D eigenvalue weighted by Gasteiger charge is -2.21. The number of aromatic carboxylic acids is 1. The lowest BCUT2D eigenvalue weighted by atomic mass is 10.1. The zero-order chi connectivity index (χ0) is 14.8. The van der Waals surface area contributed by atoms with Crippen molar-refractivity contribution in [2.24, 2.45) is 0 Å². The molecule has 3 rings (SSSR count). The van der Waals surface area contributed by atoms with E-state index >= 15 is 0 Å². The van der Waals surface area contributed by atoms with E-state index in [1.54, 1.807) is 29.4 Å². The predicted molar refractivity (Wildman–Crippen MR) is 75.0 cm³/mol. The molecule has 5 nitrogen and oxygen atoms in total. The fourth-order valence-electron chi connectivity index (χ4n) is 2.27. The maximum Gasteiger partial charge on any atom is 0.335 e. The normalized spacial score (nSPS) is 13.9. The Morgan fingerprint density at radius 1 is 1.19 bits per heavy atom. The summed E-state index contributed by atoms with van der Waals surface area (Å²) in [6, 6.07) is 9.97. The number of carboxylic acids is 1. The van der Waals surface area contributed by atoms with Gasteiger partial charge in [0.25, 0.3) is 5.91 Å². The monoisotopic (exact) mass is 285 g/mol. The van der Waals surface area contributed by atoms with Crippen LogP contribution in [0.25, 0.3) is 0 Å². The number of rotatable bonds is 5. The first-order valence-corrected chi connectivity index (χ1v) is 6.82. The van der Waals surface area contributed by atoms with Crippen molar-refractivity contribution < 1.29 is 19.1 Å². The van der Waals surface area contributed by atoms with E-state index in [9.17, 15) is 9.59 Å². The molecule has 108 valence electrons. The van der Waals surface area contributed by atoms with Gasteiger partial charge in [0.2, 0.25) is 0 Å². The van der Waals surface area contributed by atoms with Crippen molar-refractivity contribution in [2.75, 3.05) is 0 Å². The molecule has 21 heavy (non-hydrogen) atoms. The average Bonchev–Trinajstić information content (AvgIpc) is 3.20. The number of carbonyl (C=O) groups excluding carboxylic acids is 1. The first kappa shape index (κ1) is 13.4. The van der Waals surface area contributed by atoms with Crippen LogP contribution in [0.5, 0.6) is 0 Å². The van der Waals surface area contributed by atoms with Gasteiger partial charge in [-0.05, 0) is 43.2 Å². The van der Waals surface area contributed by atoms with Gasteiger partial charge >= 0.3 is 5.97 Å². The van der Waals surface area contributed by atoms with Crippen molar-refractivity contribution in [2.45, 2.75) is 25.4 Å². The molecule has 1 saturated carbocycles. The summed E-state index contributed by atoms with van der Waals surface area (Å²) >= 11 is 0. The molecule has 1 aliphatic carbocycles. The molecule has 1 aliphatic rings. The van der Waals surface area contributed by atoms with Crippen LogP contribution in [0, 0.1) is 0 Å². The average molecular weight is 285 g/mol. The quantitative estimate of drug-likeness (QED) is 0.917. The highest BCUT2D eigenvalue weighted by molar-refractivity contribution is 5.97. The van der Waals surface area contributed by atoms with Gasteiger partial charge in [0.15, 0.2) is 0 Å². The second-order valence-electron chi connectivity index (χ2n) is 5.13. The summed E-state index contributed by atoms with van der Waals surface area (Å²) in [7, 11) is 0. The van der Waals surface area contributed by atoms with Crippen molar-refractivity contribution in [1.82, 2.24) is 4.90 Å². The number of nitrogens with zero attached hydrogens (tertiary/aromatic N) is 1. The molecule has 1 aromatic carbocycles. The third kappa shape index (κ3) is 2.97. The van der Waals surface area contributed by atoms with Gasteiger partial charge in [0.05, 0.1) is 18.4 Å². The van der Waals surface area contributed by atoms with Crippen molar-refractivity contribution in [3.05, 3.63) is 59.5 Å². The minimum Gasteiger partial charge on any atom is -0.478 e. The maximum absolute atomic E-state index is 12.6. The second kappa shape index (κ2) is 5.44. The van der Waals surface area contributed by atoms with Crippen LogP contribution in [-0.4, -0.2) is 27.9 Å². The molecule has 0 bridgehead atoms. The Morgan fingerprint density at radius 3 is 2.57 bits per heavy atom. The molecule has 1 fully saturated rings. The van der Waals surface area contributed by atoms with Crippen molar-refractivity contribution in [3.63, 3.8) is 0 Å². The van der Waals surface area contributed by atoms with Crippen LogP contribution in [0.1, 0.15) is 39.3 Å². The van der Waals surface area contributed by atoms with E-state index in [4.69, 9.17) is 9.52 Å². The lowest BCUT2D eigenvalue weighted by molar-refractivity contribution is 0.0697. The van der Waals surface area contributed by atoms with Gasteiger partial charge in [-0.3, -0.25) is 4.79 Å². The van der Waals surface area contributed by atoms with Crippen LogP contribution >= 0.6 is 0 Å². The summed E-state index contributed by atoms with van der Waals surface area (Å²) < 4.78 is 5.30. The third-order valence-corrected chi connectivity index (χ3v) is 3.51. The fraction of sp³-hybridized carbons (Fsp3) is 0.250. The zero-order valence-electron chi connectivity index (χ0n) is 11.4. The number of amides is 1. The van der Waals surface area contributed by atoms with Crippen LogP contribution in [0.4, 0.5) is 0 Å². The van der Waals surface area contributed by atoms with E-state index in [0.717, 1.165) is 18.6 Å². The van der Waals surface area contributed by atoms with Gasteiger partial charge in [-0.15, -0.1) is 0 Å². The summed E-state index contributed by atoms with van der Waals surface area (Å²) in [6.45, 7) is 0.411. The molecule has 0 radical (unpaired) electrons. The van der Waals surface area contributed by atoms with E-state index in [0.29, 0.717) is 12.1 Å². The van der Waals surface area contributed by atoms with E-state index in [1.807, 2.05) is 6.07 Å². The Kier molecular flexibility index (Phi) is 3.48. The summed E-state index contributed by atoms with van der Waals surface area (Å²) in [6.07, 6.45) is 3.53. The largest absolute Gasteiger partial charge is 0.478 e. The van der Waals surface area contributed by atoms with Crippen molar-refractivity contribution >= 4 is 11.9 Å². The zero-order valence-corrected chi connectivity index (χ0v) is 11.4.